The maximum absolute atomic E-state index is 13.9. The van der Waals surface area contributed by atoms with Crippen molar-refractivity contribution in [1.29, 1.82) is 0 Å². The van der Waals surface area contributed by atoms with Crippen LogP contribution in [0.25, 0.3) is 10.1 Å². The van der Waals surface area contributed by atoms with Crippen molar-refractivity contribution >= 4 is 43.8 Å². The lowest BCUT2D eigenvalue weighted by Gasteiger charge is -2.00. The van der Waals surface area contributed by atoms with Crippen LogP contribution in [-0.4, -0.2) is 16.1 Å². The molecule has 0 spiro atoms. The lowest BCUT2D eigenvalue weighted by atomic mass is 10.1. The zero-order valence-electron chi connectivity index (χ0n) is 12.3. The van der Waals surface area contributed by atoms with E-state index < -0.39 is 0 Å². The number of hydrogen-bond donors (Lipinski definition) is 1. The predicted octanol–water partition coefficient (Wildman–Crippen LogP) is 4.58. The SMILES string of the molecule is Cc1c(C(=O)Nc2nnc(C(C)C)s2)sc2cccc(F)c12. The first kappa shape index (κ1) is 15.1. The van der Waals surface area contributed by atoms with Gasteiger partial charge in [0.1, 0.15) is 10.8 Å². The minimum absolute atomic E-state index is 0.267. The molecule has 7 heteroatoms. The summed E-state index contributed by atoms with van der Waals surface area (Å²) in [4.78, 5) is 12.9. The number of aryl methyl sites for hydroxylation is 1. The van der Waals surface area contributed by atoms with E-state index in [4.69, 9.17) is 0 Å². The topological polar surface area (TPSA) is 54.9 Å². The normalized spacial score (nSPS) is 11.3. The molecule has 0 atom stereocenters. The van der Waals surface area contributed by atoms with Gasteiger partial charge in [-0.25, -0.2) is 4.39 Å². The zero-order chi connectivity index (χ0) is 15.9. The number of aromatic nitrogens is 2. The summed E-state index contributed by atoms with van der Waals surface area (Å²) in [6, 6.07) is 4.87. The summed E-state index contributed by atoms with van der Waals surface area (Å²) >= 11 is 2.64. The van der Waals surface area contributed by atoms with Gasteiger partial charge >= 0.3 is 0 Å². The molecule has 4 nitrogen and oxygen atoms in total. The van der Waals surface area contributed by atoms with Crippen LogP contribution in [0.15, 0.2) is 18.2 Å². The number of nitrogens with zero attached hydrogens (tertiary/aromatic N) is 2. The van der Waals surface area contributed by atoms with E-state index in [1.807, 2.05) is 19.9 Å². The molecular formula is C15H14FN3OS2. The van der Waals surface area contributed by atoms with Crippen LogP contribution in [-0.2, 0) is 0 Å². The fourth-order valence-corrected chi connectivity index (χ4v) is 4.00. The van der Waals surface area contributed by atoms with E-state index in [9.17, 15) is 9.18 Å². The first-order valence-corrected chi connectivity index (χ1v) is 8.43. The lowest BCUT2D eigenvalue weighted by molar-refractivity contribution is 0.103. The summed E-state index contributed by atoms with van der Waals surface area (Å²) in [7, 11) is 0. The Kier molecular flexibility index (Phi) is 3.92. The maximum atomic E-state index is 13.9. The quantitative estimate of drug-likeness (QED) is 0.762. The first-order valence-electron chi connectivity index (χ1n) is 6.79. The van der Waals surface area contributed by atoms with Gasteiger partial charge in [-0.15, -0.1) is 21.5 Å². The van der Waals surface area contributed by atoms with Gasteiger partial charge in [-0.2, -0.15) is 0 Å². The number of nitrogens with one attached hydrogen (secondary N) is 1. The number of hydrogen-bond acceptors (Lipinski definition) is 5. The van der Waals surface area contributed by atoms with Crippen molar-refractivity contribution in [3.63, 3.8) is 0 Å². The number of amides is 1. The highest BCUT2D eigenvalue weighted by Gasteiger charge is 2.19. The zero-order valence-corrected chi connectivity index (χ0v) is 13.9. The molecule has 22 heavy (non-hydrogen) atoms. The van der Waals surface area contributed by atoms with E-state index in [0.29, 0.717) is 21.0 Å². The summed E-state index contributed by atoms with van der Waals surface area (Å²) in [5.41, 5.74) is 0.657. The molecule has 0 bridgehead atoms. The van der Waals surface area contributed by atoms with Gasteiger partial charge in [0, 0.05) is 16.0 Å². The second kappa shape index (κ2) is 5.73. The molecule has 114 valence electrons. The predicted molar refractivity (Wildman–Crippen MR) is 88.5 cm³/mol. The van der Waals surface area contributed by atoms with E-state index in [1.54, 1.807) is 13.0 Å². The van der Waals surface area contributed by atoms with Crippen molar-refractivity contribution in [2.45, 2.75) is 26.7 Å². The minimum Gasteiger partial charge on any atom is -0.296 e. The summed E-state index contributed by atoms with van der Waals surface area (Å²) in [5, 5.41) is 12.6. The molecule has 0 aliphatic carbocycles. The molecule has 2 aromatic heterocycles. The van der Waals surface area contributed by atoms with Crippen molar-refractivity contribution in [2.75, 3.05) is 5.32 Å². The average molecular weight is 335 g/mol. The molecule has 0 aliphatic heterocycles. The molecule has 0 fully saturated rings. The van der Waals surface area contributed by atoms with Gasteiger partial charge in [0.2, 0.25) is 5.13 Å². The van der Waals surface area contributed by atoms with Crippen LogP contribution in [0.5, 0.6) is 0 Å². The van der Waals surface area contributed by atoms with Gasteiger partial charge in [-0.3, -0.25) is 10.1 Å². The number of rotatable bonds is 3. The van der Waals surface area contributed by atoms with Crippen LogP contribution in [0.4, 0.5) is 9.52 Å². The standard InChI is InChI=1S/C15H14FN3OS2/c1-7(2)14-18-19-15(22-14)17-13(20)12-8(3)11-9(16)5-4-6-10(11)21-12/h4-7H,1-3H3,(H,17,19,20). The summed E-state index contributed by atoms with van der Waals surface area (Å²) in [6.45, 7) is 5.80. The maximum Gasteiger partial charge on any atom is 0.267 e. The van der Waals surface area contributed by atoms with Crippen LogP contribution >= 0.6 is 22.7 Å². The summed E-state index contributed by atoms with van der Waals surface area (Å²) in [6.07, 6.45) is 0. The van der Waals surface area contributed by atoms with E-state index >= 15 is 0 Å². The Labute approximate surface area is 135 Å². The van der Waals surface area contributed by atoms with E-state index in [1.165, 1.54) is 28.7 Å². The molecule has 0 unspecified atom stereocenters. The van der Waals surface area contributed by atoms with Crippen LogP contribution in [0.1, 0.15) is 40.0 Å². The largest absolute Gasteiger partial charge is 0.296 e. The van der Waals surface area contributed by atoms with Crippen molar-refractivity contribution in [3.8, 4) is 0 Å². The van der Waals surface area contributed by atoms with Crippen LogP contribution in [0.2, 0.25) is 0 Å². The number of anilines is 1. The Bertz CT molecular complexity index is 854. The lowest BCUT2D eigenvalue weighted by Crippen LogP contribution is -2.11. The highest BCUT2D eigenvalue weighted by Crippen LogP contribution is 2.33. The van der Waals surface area contributed by atoms with Gasteiger partial charge in [0.25, 0.3) is 5.91 Å². The van der Waals surface area contributed by atoms with Crippen LogP contribution < -0.4 is 5.32 Å². The monoisotopic (exact) mass is 335 g/mol. The van der Waals surface area contributed by atoms with E-state index in [-0.39, 0.29) is 17.6 Å². The van der Waals surface area contributed by atoms with Crippen molar-refractivity contribution in [1.82, 2.24) is 10.2 Å². The Hall–Kier alpha value is -1.86. The van der Waals surface area contributed by atoms with E-state index in [2.05, 4.69) is 15.5 Å². The molecule has 1 N–H and O–H groups in total. The Morgan fingerprint density at radius 2 is 2.05 bits per heavy atom. The molecule has 0 aliphatic rings. The second-order valence-electron chi connectivity index (χ2n) is 5.22. The van der Waals surface area contributed by atoms with Crippen molar-refractivity contribution in [3.05, 3.63) is 39.5 Å². The van der Waals surface area contributed by atoms with Crippen molar-refractivity contribution < 1.29 is 9.18 Å². The van der Waals surface area contributed by atoms with Gasteiger partial charge in [-0.1, -0.05) is 31.3 Å². The molecule has 0 saturated heterocycles. The molecule has 0 radical (unpaired) electrons. The fourth-order valence-electron chi connectivity index (χ4n) is 2.14. The molecule has 0 saturated carbocycles. The number of thiophene rings is 1. The van der Waals surface area contributed by atoms with Gasteiger partial charge in [0.15, 0.2) is 0 Å². The van der Waals surface area contributed by atoms with Gasteiger partial charge < -0.3 is 0 Å². The second-order valence-corrected chi connectivity index (χ2v) is 7.28. The van der Waals surface area contributed by atoms with Gasteiger partial charge in [-0.05, 0) is 24.6 Å². The van der Waals surface area contributed by atoms with Crippen LogP contribution in [0.3, 0.4) is 0 Å². The highest BCUT2D eigenvalue weighted by atomic mass is 32.1. The molecule has 2 heterocycles. The average Bonchev–Trinajstić information content (AvgIpc) is 3.05. The van der Waals surface area contributed by atoms with Crippen molar-refractivity contribution in [2.24, 2.45) is 0 Å². The first-order chi connectivity index (χ1) is 10.5. The Morgan fingerprint density at radius 3 is 2.68 bits per heavy atom. The summed E-state index contributed by atoms with van der Waals surface area (Å²) in [5.74, 6) is -0.309. The Balaban J connectivity index is 1.92. The van der Waals surface area contributed by atoms with E-state index in [0.717, 1.165) is 9.71 Å². The third-order valence-electron chi connectivity index (χ3n) is 3.26. The minimum atomic E-state index is -0.302. The molecule has 3 aromatic rings. The number of benzene rings is 1. The third-order valence-corrected chi connectivity index (χ3v) is 5.66. The third kappa shape index (κ3) is 2.62. The summed E-state index contributed by atoms with van der Waals surface area (Å²) < 4.78 is 14.7. The number of fused-ring (bicyclic) bond motifs is 1. The number of carbonyl (C=O) groups is 1. The smallest absolute Gasteiger partial charge is 0.267 e. The number of halogens is 1. The Morgan fingerprint density at radius 1 is 1.27 bits per heavy atom. The molecule has 3 rings (SSSR count). The van der Waals surface area contributed by atoms with Gasteiger partial charge in [0.05, 0.1) is 4.88 Å². The fraction of sp³-hybridized carbons (Fsp3) is 0.267. The molecule has 1 amide bonds. The number of carbonyl (C=O) groups excluding carboxylic acids is 1. The molecular weight excluding hydrogens is 321 g/mol. The highest BCUT2D eigenvalue weighted by molar-refractivity contribution is 7.21. The molecule has 1 aromatic carbocycles. The van der Waals surface area contributed by atoms with Crippen LogP contribution in [0, 0.1) is 12.7 Å².